The van der Waals surface area contributed by atoms with Crippen molar-refractivity contribution in [1.29, 1.82) is 0 Å². The third kappa shape index (κ3) is 3.18. The van der Waals surface area contributed by atoms with Gasteiger partial charge < -0.3 is 10.0 Å². The van der Waals surface area contributed by atoms with Gasteiger partial charge in [-0.05, 0) is 26.8 Å². The van der Waals surface area contributed by atoms with Gasteiger partial charge in [-0.2, -0.15) is 0 Å². The summed E-state index contributed by atoms with van der Waals surface area (Å²) >= 11 is 1.71. The summed E-state index contributed by atoms with van der Waals surface area (Å²) in [5, 5.41) is 12.3. The summed E-state index contributed by atoms with van der Waals surface area (Å²) in [6, 6.07) is 0.893. The second kappa shape index (κ2) is 5.33. The Balaban J connectivity index is 1.93. The lowest BCUT2D eigenvalue weighted by Crippen LogP contribution is -2.31. The lowest BCUT2D eigenvalue weighted by atomic mass is 10.3. The maximum absolute atomic E-state index is 9.09. The molecule has 0 amide bonds. The topological polar surface area (TPSA) is 39.6 Å². The fraction of sp³-hybridized carbons (Fsp3) is 0.750. The van der Waals surface area contributed by atoms with Crippen molar-refractivity contribution >= 4 is 16.5 Å². The highest BCUT2D eigenvalue weighted by Gasteiger charge is 2.28. The van der Waals surface area contributed by atoms with Gasteiger partial charge in [0, 0.05) is 31.1 Å². The summed E-state index contributed by atoms with van der Waals surface area (Å²) in [6.45, 7) is 3.01. The molecule has 1 saturated carbocycles. The van der Waals surface area contributed by atoms with E-state index in [-0.39, 0.29) is 12.6 Å². The van der Waals surface area contributed by atoms with Crippen molar-refractivity contribution in [1.82, 2.24) is 9.88 Å². The van der Waals surface area contributed by atoms with E-state index in [0.29, 0.717) is 6.04 Å². The standard InChI is InChI=1S/C12H21N3OS/c1-9(7-16)14(2)6-10-8-17-12(13-10)15(3)11-4-5-11/h8-9,11,16H,4-7H2,1-3H3. The maximum atomic E-state index is 9.09. The van der Waals surface area contributed by atoms with Crippen LogP contribution in [0, 0.1) is 0 Å². The highest BCUT2D eigenvalue weighted by Crippen LogP contribution is 2.32. The molecule has 0 aromatic carbocycles. The van der Waals surface area contributed by atoms with E-state index in [0.717, 1.165) is 17.4 Å². The van der Waals surface area contributed by atoms with Crippen LogP contribution < -0.4 is 4.90 Å². The number of anilines is 1. The van der Waals surface area contributed by atoms with E-state index < -0.39 is 0 Å². The van der Waals surface area contributed by atoms with Crippen molar-refractivity contribution in [2.24, 2.45) is 0 Å². The number of hydrogen-bond acceptors (Lipinski definition) is 5. The molecular formula is C12H21N3OS. The lowest BCUT2D eigenvalue weighted by molar-refractivity contribution is 0.153. The molecule has 5 heteroatoms. The number of rotatable bonds is 6. The number of nitrogens with zero attached hydrogens (tertiary/aromatic N) is 3. The Morgan fingerprint density at radius 3 is 2.82 bits per heavy atom. The predicted octanol–water partition coefficient (Wildman–Crippen LogP) is 1.55. The van der Waals surface area contributed by atoms with Crippen molar-refractivity contribution in [2.45, 2.75) is 38.4 Å². The van der Waals surface area contributed by atoms with E-state index in [1.807, 2.05) is 14.0 Å². The number of aliphatic hydroxyl groups excluding tert-OH is 1. The van der Waals surface area contributed by atoms with Gasteiger partial charge in [0.1, 0.15) is 0 Å². The molecule has 0 saturated heterocycles. The van der Waals surface area contributed by atoms with Crippen molar-refractivity contribution in [3.63, 3.8) is 0 Å². The zero-order valence-electron chi connectivity index (χ0n) is 10.8. The van der Waals surface area contributed by atoms with Crippen molar-refractivity contribution < 1.29 is 5.11 Å². The Kier molecular flexibility index (Phi) is 4.01. The van der Waals surface area contributed by atoms with Crippen LogP contribution in [0.3, 0.4) is 0 Å². The van der Waals surface area contributed by atoms with Gasteiger partial charge in [-0.15, -0.1) is 11.3 Å². The third-order valence-electron chi connectivity index (χ3n) is 3.36. The molecule has 1 aliphatic rings. The molecule has 1 atom stereocenters. The molecule has 0 radical (unpaired) electrons. The molecule has 17 heavy (non-hydrogen) atoms. The molecule has 4 nitrogen and oxygen atoms in total. The smallest absolute Gasteiger partial charge is 0.185 e. The Morgan fingerprint density at radius 1 is 1.53 bits per heavy atom. The first kappa shape index (κ1) is 12.8. The lowest BCUT2D eigenvalue weighted by Gasteiger charge is -2.21. The summed E-state index contributed by atoms with van der Waals surface area (Å²) in [5.41, 5.74) is 1.10. The first-order valence-electron chi connectivity index (χ1n) is 6.10. The van der Waals surface area contributed by atoms with Gasteiger partial charge in [0.2, 0.25) is 0 Å². The monoisotopic (exact) mass is 255 g/mol. The number of thiazole rings is 1. The largest absolute Gasteiger partial charge is 0.395 e. The first-order chi connectivity index (χ1) is 8.11. The van der Waals surface area contributed by atoms with E-state index in [2.05, 4.69) is 27.2 Å². The van der Waals surface area contributed by atoms with Crippen LogP contribution in [0.25, 0.3) is 0 Å². The van der Waals surface area contributed by atoms with E-state index in [1.54, 1.807) is 11.3 Å². The van der Waals surface area contributed by atoms with Gasteiger partial charge in [-0.25, -0.2) is 4.98 Å². The van der Waals surface area contributed by atoms with E-state index in [9.17, 15) is 0 Å². The molecule has 2 rings (SSSR count). The zero-order valence-corrected chi connectivity index (χ0v) is 11.6. The summed E-state index contributed by atoms with van der Waals surface area (Å²) in [6.07, 6.45) is 2.60. The first-order valence-corrected chi connectivity index (χ1v) is 6.98. The average molecular weight is 255 g/mol. The highest BCUT2D eigenvalue weighted by atomic mass is 32.1. The number of aliphatic hydroxyl groups is 1. The van der Waals surface area contributed by atoms with Gasteiger partial charge in [-0.1, -0.05) is 0 Å². The molecule has 1 aromatic heterocycles. The Morgan fingerprint density at radius 2 is 2.24 bits per heavy atom. The molecule has 1 heterocycles. The molecule has 96 valence electrons. The molecule has 0 bridgehead atoms. The summed E-state index contributed by atoms with van der Waals surface area (Å²) < 4.78 is 0. The zero-order chi connectivity index (χ0) is 12.4. The second-order valence-electron chi connectivity index (χ2n) is 4.91. The van der Waals surface area contributed by atoms with Gasteiger partial charge in [0.05, 0.1) is 12.3 Å². The molecule has 1 aliphatic carbocycles. The van der Waals surface area contributed by atoms with Crippen LogP contribution in [0.1, 0.15) is 25.5 Å². The number of hydrogen-bond donors (Lipinski definition) is 1. The Labute approximate surface area is 107 Å². The van der Waals surface area contributed by atoms with Crippen LogP contribution in [0.15, 0.2) is 5.38 Å². The Hall–Kier alpha value is -0.650. The van der Waals surface area contributed by atoms with E-state index >= 15 is 0 Å². The minimum atomic E-state index is 0.182. The van der Waals surface area contributed by atoms with Crippen molar-refractivity contribution in [2.75, 3.05) is 25.6 Å². The normalized spacial score (nSPS) is 17.5. The van der Waals surface area contributed by atoms with Crippen LogP contribution in [-0.2, 0) is 6.54 Å². The van der Waals surface area contributed by atoms with Gasteiger partial charge in [0.25, 0.3) is 0 Å². The molecule has 0 spiro atoms. The third-order valence-corrected chi connectivity index (χ3v) is 4.34. The van der Waals surface area contributed by atoms with Crippen molar-refractivity contribution in [3.05, 3.63) is 11.1 Å². The molecule has 1 fully saturated rings. The molecule has 0 aliphatic heterocycles. The van der Waals surface area contributed by atoms with Gasteiger partial charge in [-0.3, -0.25) is 4.90 Å². The van der Waals surface area contributed by atoms with Gasteiger partial charge >= 0.3 is 0 Å². The molecule has 1 N–H and O–H groups in total. The van der Waals surface area contributed by atoms with Crippen molar-refractivity contribution in [3.8, 4) is 0 Å². The maximum Gasteiger partial charge on any atom is 0.185 e. The second-order valence-corrected chi connectivity index (χ2v) is 5.75. The predicted molar refractivity (Wildman–Crippen MR) is 71.6 cm³/mol. The number of likely N-dealkylation sites (N-methyl/N-ethyl adjacent to an activating group) is 1. The summed E-state index contributed by atoms with van der Waals surface area (Å²) in [5.74, 6) is 0. The fourth-order valence-electron chi connectivity index (χ4n) is 1.70. The molecular weight excluding hydrogens is 234 g/mol. The number of aromatic nitrogens is 1. The quantitative estimate of drug-likeness (QED) is 0.837. The minimum absolute atomic E-state index is 0.182. The average Bonchev–Trinajstić information content (AvgIpc) is 3.08. The fourth-order valence-corrected chi connectivity index (χ4v) is 2.55. The summed E-state index contributed by atoms with van der Waals surface area (Å²) in [7, 11) is 4.14. The highest BCUT2D eigenvalue weighted by molar-refractivity contribution is 7.13. The summed E-state index contributed by atoms with van der Waals surface area (Å²) in [4.78, 5) is 9.05. The van der Waals surface area contributed by atoms with E-state index in [4.69, 9.17) is 5.11 Å². The minimum Gasteiger partial charge on any atom is -0.395 e. The van der Waals surface area contributed by atoms with Crippen LogP contribution in [0.5, 0.6) is 0 Å². The van der Waals surface area contributed by atoms with Crippen LogP contribution in [-0.4, -0.2) is 47.8 Å². The Bertz CT molecular complexity index is 364. The van der Waals surface area contributed by atoms with Gasteiger partial charge in [0.15, 0.2) is 5.13 Å². The molecule has 1 aromatic rings. The van der Waals surface area contributed by atoms with E-state index in [1.165, 1.54) is 12.8 Å². The van der Waals surface area contributed by atoms with Crippen LogP contribution in [0.4, 0.5) is 5.13 Å². The van der Waals surface area contributed by atoms with Crippen LogP contribution >= 0.6 is 11.3 Å². The SMILES string of the molecule is CC(CO)N(C)Cc1csc(N(C)C2CC2)n1. The van der Waals surface area contributed by atoms with Crippen LogP contribution in [0.2, 0.25) is 0 Å². The molecule has 1 unspecified atom stereocenters.